The van der Waals surface area contributed by atoms with Crippen LogP contribution in [0.15, 0.2) is 83.3 Å². The Morgan fingerprint density at radius 2 is 1.74 bits per heavy atom. The van der Waals surface area contributed by atoms with E-state index in [1.54, 1.807) is 4.90 Å². The molecule has 3 aromatic rings. The minimum absolute atomic E-state index is 0.0704. The third kappa shape index (κ3) is 6.69. The van der Waals surface area contributed by atoms with Gasteiger partial charge in [0.1, 0.15) is 5.75 Å². The van der Waals surface area contributed by atoms with E-state index >= 15 is 0 Å². The highest BCUT2D eigenvalue weighted by atomic mass is 79.9. The molecule has 1 atom stereocenters. The molecule has 0 radical (unpaired) electrons. The maximum absolute atomic E-state index is 13.2. The van der Waals surface area contributed by atoms with Crippen LogP contribution in [0.5, 0.6) is 5.75 Å². The molecular weight excluding hydrogens is 456 g/mol. The van der Waals surface area contributed by atoms with Gasteiger partial charge in [0.25, 0.3) is 5.91 Å². The Kier molecular flexibility index (Phi) is 7.84. The van der Waals surface area contributed by atoms with Crippen LogP contribution in [-0.2, 0) is 16.1 Å². The van der Waals surface area contributed by atoms with E-state index in [9.17, 15) is 9.59 Å². The number of hydrogen-bond donors (Lipinski definition) is 1. The average Bonchev–Trinajstić information content (AvgIpc) is 2.76. The van der Waals surface area contributed by atoms with Crippen LogP contribution in [-0.4, -0.2) is 23.3 Å². The first-order chi connectivity index (χ1) is 14.9. The van der Waals surface area contributed by atoms with Crippen molar-refractivity contribution in [3.63, 3.8) is 0 Å². The first-order valence-electron chi connectivity index (χ1n) is 10.0. The number of rotatable bonds is 8. The highest BCUT2D eigenvalue weighted by molar-refractivity contribution is 9.10. The summed E-state index contributed by atoms with van der Waals surface area (Å²) in [5, 5.41) is 2.80. The van der Waals surface area contributed by atoms with E-state index in [0.29, 0.717) is 18.0 Å². The molecule has 0 spiro atoms. The largest absolute Gasteiger partial charge is 0.484 e. The normalized spacial score (nSPS) is 11.5. The summed E-state index contributed by atoms with van der Waals surface area (Å²) in [6, 6.07) is 24.6. The van der Waals surface area contributed by atoms with Crippen molar-refractivity contribution >= 4 is 33.4 Å². The van der Waals surface area contributed by atoms with Crippen molar-refractivity contribution in [1.29, 1.82) is 0 Å². The standard InChI is InChI=1S/C25H25BrN2O3/c1-18(21-10-6-12-23(14-21)27-19(2)29)28(16-20-8-4-3-5-9-20)25(30)17-31-24-13-7-11-22(26)15-24/h3-15,18H,16-17H2,1-2H3,(H,27,29)/t18-/m0/s1. The minimum atomic E-state index is -0.215. The van der Waals surface area contributed by atoms with Gasteiger partial charge in [0.05, 0.1) is 6.04 Å². The van der Waals surface area contributed by atoms with Gasteiger partial charge < -0.3 is 15.0 Å². The lowest BCUT2D eigenvalue weighted by Crippen LogP contribution is -2.36. The van der Waals surface area contributed by atoms with E-state index in [1.807, 2.05) is 85.8 Å². The average molecular weight is 481 g/mol. The molecule has 0 aliphatic heterocycles. The zero-order valence-corrected chi connectivity index (χ0v) is 19.1. The molecule has 1 N–H and O–H groups in total. The van der Waals surface area contributed by atoms with Gasteiger partial charge in [-0.15, -0.1) is 0 Å². The number of carbonyl (C=O) groups excluding carboxylic acids is 2. The number of benzene rings is 3. The highest BCUT2D eigenvalue weighted by Gasteiger charge is 2.23. The lowest BCUT2D eigenvalue weighted by Gasteiger charge is -2.30. The van der Waals surface area contributed by atoms with Crippen LogP contribution < -0.4 is 10.1 Å². The van der Waals surface area contributed by atoms with Crippen LogP contribution in [0.25, 0.3) is 0 Å². The number of nitrogens with one attached hydrogen (secondary N) is 1. The fraction of sp³-hybridized carbons (Fsp3) is 0.200. The Bertz CT molecular complexity index is 1040. The second-order valence-corrected chi connectivity index (χ2v) is 8.15. The zero-order chi connectivity index (χ0) is 22.2. The summed E-state index contributed by atoms with van der Waals surface area (Å²) in [4.78, 5) is 26.4. The van der Waals surface area contributed by atoms with Gasteiger partial charge in [-0.05, 0) is 48.4 Å². The van der Waals surface area contributed by atoms with Crippen LogP contribution in [0.3, 0.4) is 0 Å². The molecule has 0 aromatic heterocycles. The lowest BCUT2D eigenvalue weighted by molar-refractivity contribution is -0.136. The molecule has 3 aromatic carbocycles. The number of ether oxygens (including phenoxy) is 1. The number of hydrogen-bond acceptors (Lipinski definition) is 3. The molecule has 0 aliphatic carbocycles. The van der Waals surface area contributed by atoms with Crippen LogP contribution >= 0.6 is 15.9 Å². The maximum atomic E-state index is 13.2. The topological polar surface area (TPSA) is 58.6 Å². The predicted octanol–water partition coefficient (Wildman–Crippen LogP) is 5.58. The summed E-state index contributed by atoms with van der Waals surface area (Å²) in [5.74, 6) is 0.369. The van der Waals surface area contributed by atoms with Gasteiger partial charge in [-0.25, -0.2) is 0 Å². The lowest BCUT2D eigenvalue weighted by atomic mass is 10.0. The van der Waals surface area contributed by atoms with Crippen LogP contribution in [0.2, 0.25) is 0 Å². The van der Waals surface area contributed by atoms with Crippen molar-refractivity contribution in [2.24, 2.45) is 0 Å². The third-order valence-corrected chi connectivity index (χ3v) is 5.32. The van der Waals surface area contributed by atoms with Gasteiger partial charge in [0.15, 0.2) is 6.61 Å². The molecule has 0 heterocycles. The number of carbonyl (C=O) groups is 2. The summed E-state index contributed by atoms with van der Waals surface area (Å²) in [6.07, 6.45) is 0. The molecule has 6 heteroatoms. The molecule has 3 rings (SSSR count). The van der Waals surface area contributed by atoms with E-state index in [0.717, 1.165) is 15.6 Å². The van der Waals surface area contributed by atoms with Gasteiger partial charge in [-0.3, -0.25) is 9.59 Å². The Balaban J connectivity index is 1.81. The number of nitrogens with zero attached hydrogens (tertiary/aromatic N) is 1. The van der Waals surface area contributed by atoms with Gasteiger partial charge in [0.2, 0.25) is 5.91 Å². The SMILES string of the molecule is CC(=O)Nc1cccc([C@H](C)N(Cc2ccccc2)C(=O)COc2cccc(Br)c2)c1. The van der Waals surface area contributed by atoms with Gasteiger partial charge in [0, 0.05) is 23.6 Å². The van der Waals surface area contributed by atoms with Crippen molar-refractivity contribution < 1.29 is 14.3 Å². The second kappa shape index (κ2) is 10.8. The number of halogens is 1. The van der Waals surface area contributed by atoms with Crippen molar-refractivity contribution in [2.75, 3.05) is 11.9 Å². The Morgan fingerprint density at radius 1 is 1.00 bits per heavy atom. The van der Waals surface area contributed by atoms with Crippen molar-refractivity contribution in [2.45, 2.75) is 26.4 Å². The summed E-state index contributed by atoms with van der Waals surface area (Å²) in [6.45, 7) is 3.83. The molecule has 0 saturated heterocycles. The number of anilines is 1. The van der Waals surface area contributed by atoms with Gasteiger partial charge in [-0.2, -0.15) is 0 Å². The Morgan fingerprint density at radius 3 is 2.45 bits per heavy atom. The fourth-order valence-corrected chi connectivity index (χ4v) is 3.64. The molecule has 0 fully saturated rings. The second-order valence-electron chi connectivity index (χ2n) is 7.24. The summed E-state index contributed by atoms with van der Waals surface area (Å²) in [7, 11) is 0. The first kappa shape index (κ1) is 22.6. The van der Waals surface area contributed by atoms with Crippen LogP contribution in [0.1, 0.15) is 31.0 Å². The Hall–Kier alpha value is -3.12. The summed E-state index contributed by atoms with van der Waals surface area (Å²) >= 11 is 3.41. The van der Waals surface area contributed by atoms with Crippen molar-refractivity contribution in [1.82, 2.24) is 4.90 Å². The molecule has 2 amide bonds. The first-order valence-corrected chi connectivity index (χ1v) is 10.8. The maximum Gasteiger partial charge on any atom is 0.261 e. The molecule has 0 bridgehead atoms. The van der Waals surface area contributed by atoms with Crippen molar-refractivity contribution in [3.05, 3.63) is 94.5 Å². The van der Waals surface area contributed by atoms with E-state index < -0.39 is 0 Å². The highest BCUT2D eigenvalue weighted by Crippen LogP contribution is 2.26. The molecule has 0 saturated carbocycles. The monoisotopic (exact) mass is 480 g/mol. The van der Waals surface area contributed by atoms with Crippen LogP contribution in [0, 0.1) is 0 Å². The zero-order valence-electron chi connectivity index (χ0n) is 17.5. The van der Waals surface area contributed by atoms with Gasteiger partial charge >= 0.3 is 0 Å². The molecule has 160 valence electrons. The van der Waals surface area contributed by atoms with Crippen LogP contribution in [0.4, 0.5) is 5.69 Å². The minimum Gasteiger partial charge on any atom is -0.484 e. The van der Waals surface area contributed by atoms with E-state index in [4.69, 9.17) is 4.74 Å². The Labute approximate surface area is 191 Å². The molecule has 31 heavy (non-hydrogen) atoms. The van der Waals surface area contributed by atoms with E-state index in [1.165, 1.54) is 6.92 Å². The molecule has 0 unspecified atom stereocenters. The van der Waals surface area contributed by atoms with Gasteiger partial charge in [-0.1, -0.05) is 64.5 Å². The quantitative estimate of drug-likeness (QED) is 0.457. The smallest absolute Gasteiger partial charge is 0.261 e. The molecule has 5 nitrogen and oxygen atoms in total. The van der Waals surface area contributed by atoms with E-state index in [-0.39, 0.29) is 24.5 Å². The number of amides is 2. The third-order valence-electron chi connectivity index (χ3n) is 4.83. The molecular formula is C25H25BrN2O3. The summed E-state index contributed by atoms with van der Waals surface area (Å²) < 4.78 is 6.64. The fourth-order valence-electron chi connectivity index (χ4n) is 3.27. The van der Waals surface area contributed by atoms with Crippen molar-refractivity contribution in [3.8, 4) is 5.75 Å². The molecule has 0 aliphatic rings. The predicted molar refractivity (Wildman–Crippen MR) is 126 cm³/mol. The van der Waals surface area contributed by atoms with E-state index in [2.05, 4.69) is 21.2 Å². The summed E-state index contributed by atoms with van der Waals surface area (Å²) in [5.41, 5.74) is 2.66.